The van der Waals surface area contributed by atoms with Crippen LogP contribution in [-0.4, -0.2) is 44.6 Å². The smallest absolute Gasteiger partial charge is 0.407 e. The van der Waals surface area contributed by atoms with Crippen molar-refractivity contribution in [2.24, 2.45) is 0 Å². The van der Waals surface area contributed by atoms with E-state index >= 15 is 0 Å². The summed E-state index contributed by atoms with van der Waals surface area (Å²) in [6.45, 7) is 0.378. The Morgan fingerprint density at radius 2 is 2.00 bits per heavy atom. The number of hydrogen-bond acceptors (Lipinski definition) is 5. The van der Waals surface area contributed by atoms with Crippen LogP contribution in [0.2, 0.25) is 0 Å². The second-order valence-corrected chi connectivity index (χ2v) is 6.36. The molecule has 124 valence electrons. The molecule has 0 fully saturated rings. The van der Waals surface area contributed by atoms with E-state index in [1.54, 1.807) is 0 Å². The number of hydrogen-bond donors (Lipinski definition) is 2. The lowest BCUT2D eigenvalue weighted by Crippen LogP contribution is -2.38. The summed E-state index contributed by atoms with van der Waals surface area (Å²) in [7, 11) is -2.52. The molecule has 0 saturated heterocycles. The number of alkyl carbamates (subject to hydrolysis) is 1. The summed E-state index contributed by atoms with van der Waals surface area (Å²) in [5.41, 5.74) is 0.868. The molecule has 0 aliphatic carbocycles. The van der Waals surface area contributed by atoms with Crippen LogP contribution < -0.4 is 5.32 Å². The van der Waals surface area contributed by atoms with Crippen LogP contribution in [-0.2, 0) is 26.2 Å². The third kappa shape index (κ3) is 8.60. The SMILES string of the molecule is COCC(CCCS(=O)(=O)O)NC(=O)OCc1ccccc1. The maximum absolute atomic E-state index is 11.7. The van der Waals surface area contributed by atoms with Crippen LogP contribution in [0.5, 0.6) is 0 Å². The zero-order valence-electron chi connectivity index (χ0n) is 12.4. The molecule has 1 aromatic carbocycles. The number of ether oxygens (including phenoxy) is 2. The molecule has 22 heavy (non-hydrogen) atoms. The van der Waals surface area contributed by atoms with E-state index in [0.717, 1.165) is 5.56 Å². The van der Waals surface area contributed by atoms with Gasteiger partial charge in [0.25, 0.3) is 10.1 Å². The van der Waals surface area contributed by atoms with Gasteiger partial charge in [0.2, 0.25) is 0 Å². The van der Waals surface area contributed by atoms with Crippen molar-refractivity contribution in [3.63, 3.8) is 0 Å². The lowest BCUT2D eigenvalue weighted by molar-refractivity contribution is 0.119. The molecule has 0 aliphatic heterocycles. The minimum absolute atomic E-state index is 0.150. The Labute approximate surface area is 130 Å². The van der Waals surface area contributed by atoms with Crippen molar-refractivity contribution >= 4 is 16.2 Å². The van der Waals surface area contributed by atoms with Crippen molar-refractivity contribution in [3.8, 4) is 0 Å². The number of rotatable bonds is 9. The molecule has 0 radical (unpaired) electrons. The molecule has 8 heteroatoms. The molecule has 0 aromatic heterocycles. The Kier molecular flexibility index (Phi) is 7.86. The third-order valence-corrected chi connectivity index (χ3v) is 3.66. The summed E-state index contributed by atoms with van der Waals surface area (Å²) in [5, 5.41) is 2.61. The topological polar surface area (TPSA) is 102 Å². The number of amides is 1. The van der Waals surface area contributed by atoms with E-state index in [1.807, 2.05) is 30.3 Å². The first-order chi connectivity index (χ1) is 10.4. The summed E-state index contributed by atoms with van der Waals surface area (Å²) in [5.74, 6) is -0.353. The predicted octanol–water partition coefficient (Wildman–Crippen LogP) is 1.60. The van der Waals surface area contributed by atoms with Crippen molar-refractivity contribution in [1.82, 2.24) is 5.32 Å². The summed E-state index contributed by atoms with van der Waals surface area (Å²) in [6.07, 6.45) is -0.0300. The molecule has 0 saturated carbocycles. The number of carbonyl (C=O) groups excluding carboxylic acids is 1. The van der Waals surface area contributed by atoms with Gasteiger partial charge in [0.15, 0.2) is 0 Å². The fraction of sp³-hybridized carbons (Fsp3) is 0.500. The van der Waals surface area contributed by atoms with E-state index in [2.05, 4.69) is 5.32 Å². The average Bonchev–Trinajstić information content (AvgIpc) is 2.45. The number of benzene rings is 1. The number of carbonyl (C=O) groups is 1. The first-order valence-corrected chi connectivity index (χ1v) is 8.43. The van der Waals surface area contributed by atoms with Gasteiger partial charge in [-0.15, -0.1) is 0 Å². The van der Waals surface area contributed by atoms with Crippen molar-refractivity contribution in [2.45, 2.75) is 25.5 Å². The van der Waals surface area contributed by atoms with Crippen molar-refractivity contribution in [2.75, 3.05) is 19.5 Å². The quantitative estimate of drug-likeness (QED) is 0.666. The van der Waals surface area contributed by atoms with E-state index < -0.39 is 16.2 Å². The van der Waals surface area contributed by atoms with Gasteiger partial charge in [0.1, 0.15) is 6.61 Å². The van der Waals surface area contributed by atoms with Crippen LogP contribution in [0.1, 0.15) is 18.4 Å². The van der Waals surface area contributed by atoms with Gasteiger partial charge in [-0.25, -0.2) is 4.79 Å². The molecule has 2 N–H and O–H groups in total. The van der Waals surface area contributed by atoms with Crippen LogP contribution in [0.25, 0.3) is 0 Å². The van der Waals surface area contributed by atoms with E-state index in [9.17, 15) is 13.2 Å². The van der Waals surface area contributed by atoms with E-state index in [1.165, 1.54) is 7.11 Å². The molecular weight excluding hydrogens is 310 g/mol. The molecular formula is C14H21NO6S. The number of nitrogens with one attached hydrogen (secondary N) is 1. The molecule has 0 bridgehead atoms. The van der Waals surface area contributed by atoms with Crippen LogP contribution >= 0.6 is 0 Å². The second kappa shape index (κ2) is 9.39. The molecule has 0 heterocycles. The monoisotopic (exact) mass is 331 g/mol. The predicted molar refractivity (Wildman–Crippen MR) is 81.1 cm³/mol. The zero-order chi connectivity index (χ0) is 16.4. The zero-order valence-corrected chi connectivity index (χ0v) is 13.2. The minimum atomic E-state index is -3.99. The van der Waals surface area contributed by atoms with Gasteiger partial charge in [-0.3, -0.25) is 4.55 Å². The molecule has 1 atom stereocenters. The molecule has 0 spiro atoms. The van der Waals surface area contributed by atoms with Gasteiger partial charge >= 0.3 is 6.09 Å². The summed E-state index contributed by atoms with van der Waals surface area (Å²) < 4.78 is 40.1. The average molecular weight is 331 g/mol. The molecule has 7 nitrogen and oxygen atoms in total. The molecule has 0 aliphatic rings. The van der Waals surface area contributed by atoms with Crippen LogP contribution in [0, 0.1) is 0 Å². The molecule has 1 rings (SSSR count). The maximum atomic E-state index is 11.7. The second-order valence-electron chi connectivity index (χ2n) is 4.79. The van der Waals surface area contributed by atoms with Crippen molar-refractivity contribution < 1.29 is 27.2 Å². The minimum Gasteiger partial charge on any atom is -0.445 e. The summed E-state index contributed by atoms with van der Waals surface area (Å²) in [4.78, 5) is 11.7. The van der Waals surface area contributed by atoms with Gasteiger partial charge in [-0.2, -0.15) is 8.42 Å². The van der Waals surface area contributed by atoms with Crippen LogP contribution in [0.3, 0.4) is 0 Å². The lowest BCUT2D eigenvalue weighted by Gasteiger charge is -2.17. The Balaban J connectivity index is 2.36. The Bertz CT molecular complexity index is 546. The maximum Gasteiger partial charge on any atom is 0.407 e. The van der Waals surface area contributed by atoms with Gasteiger partial charge in [-0.05, 0) is 18.4 Å². The molecule has 1 amide bonds. The van der Waals surface area contributed by atoms with Crippen LogP contribution in [0.4, 0.5) is 4.79 Å². The lowest BCUT2D eigenvalue weighted by atomic mass is 10.2. The Morgan fingerprint density at radius 3 is 2.59 bits per heavy atom. The van der Waals surface area contributed by atoms with E-state index in [0.29, 0.717) is 6.42 Å². The highest BCUT2D eigenvalue weighted by Gasteiger charge is 2.14. The molecule has 1 aromatic rings. The standard InChI is InChI=1S/C14H21NO6S/c1-20-11-13(8-5-9-22(17,18)19)15-14(16)21-10-12-6-3-2-4-7-12/h2-4,6-7,13H,5,8-11H2,1H3,(H,15,16)(H,17,18,19). The van der Waals surface area contributed by atoms with Gasteiger partial charge < -0.3 is 14.8 Å². The highest BCUT2D eigenvalue weighted by atomic mass is 32.2. The van der Waals surface area contributed by atoms with Crippen molar-refractivity contribution in [3.05, 3.63) is 35.9 Å². The third-order valence-electron chi connectivity index (χ3n) is 2.86. The first-order valence-electron chi connectivity index (χ1n) is 6.82. The Morgan fingerprint density at radius 1 is 1.32 bits per heavy atom. The van der Waals surface area contributed by atoms with E-state index in [4.69, 9.17) is 14.0 Å². The van der Waals surface area contributed by atoms with Gasteiger partial charge in [0.05, 0.1) is 18.4 Å². The fourth-order valence-electron chi connectivity index (χ4n) is 1.84. The molecule has 1 unspecified atom stereocenters. The highest BCUT2D eigenvalue weighted by molar-refractivity contribution is 7.85. The largest absolute Gasteiger partial charge is 0.445 e. The first kappa shape index (κ1) is 18.4. The van der Waals surface area contributed by atoms with E-state index in [-0.39, 0.29) is 31.4 Å². The Hall–Kier alpha value is -1.64. The fourth-order valence-corrected chi connectivity index (χ4v) is 2.37. The number of methoxy groups -OCH3 is 1. The highest BCUT2D eigenvalue weighted by Crippen LogP contribution is 2.03. The van der Waals surface area contributed by atoms with Crippen LogP contribution in [0.15, 0.2) is 30.3 Å². The van der Waals surface area contributed by atoms with Gasteiger partial charge in [-0.1, -0.05) is 30.3 Å². The summed E-state index contributed by atoms with van der Waals surface area (Å²) in [6, 6.07) is 8.86. The van der Waals surface area contributed by atoms with Gasteiger partial charge in [0, 0.05) is 7.11 Å². The van der Waals surface area contributed by atoms with Crippen molar-refractivity contribution in [1.29, 1.82) is 0 Å². The normalized spacial score (nSPS) is 12.6. The summed E-state index contributed by atoms with van der Waals surface area (Å²) >= 11 is 0.